The standard InChI is InChI=1S/C15H23BrClN3/c1-19-6-3-7-20(2)15(10-19)14(18)8-11-4-5-12(16)9-13(11)17/h4-5,9,14-15H,3,6-8,10,18H2,1-2H3. The maximum atomic E-state index is 6.47. The summed E-state index contributed by atoms with van der Waals surface area (Å²) < 4.78 is 1.01. The molecule has 0 aromatic heterocycles. The Kier molecular flexibility index (Phi) is 5.87. The van der Waals surface area contributed by atoms with Gasteiger partial charge >= 0.3 is 0 Å². The van der Waals surface area contributed by atoms with Gasteiger partial charge in [-0.1, -0.05) is 33.6 Å². The third-order valence-corrected chi connectivity index (χ3v) is 4.93. The van der Waals surface area contributed by atoms with Gasteiger partial charge in [-0.15, -0.1) is 0 Å². The van der Waals surface area contributed by atoms with Crippen LogP contribution >= 0.6 is 27.5 Å². The Morgan fingerprint density at radius 3 is 2.85 bits per heavy atom. The smallest absolute Gasteiger partial charge is 0.0449 e. The van der Waals surface area contributed by atoms with Gasteiger partial charge in [0.2, 0.25) is 0 Å². The minimum atomic E-state index is 0.0965. The normalized spacial score (nSPS) is 23.6. The summed E-state index contributed by atoms with van der Waals surface area (Å²) in [5.41, 5.74) is 7.60. The topological polar surface area (TPSA) is 32.5 Å². The summed E-state index contributed by atoms with van der Waals surface area (Å²) in [5.74, 6) is 0. The molecule has 0 amide bonds. The zero-order valence-corrected chi connectivity index (χ0v) is 14.5. The molecular formula is C15H23BrClN3. The third kappa shape index (κ3) is 4.18. The number of likely N-dealkylation sites (N-methyl/N-ethyl adjacent to an activating group) is 2. The van der Waals surface area contributed by atoms with Gasteiger partial charge in [-0.3, -0.25) is 0 Å². The second kappa shape index (κ2) is 7.23. The third-order valence-electron chi connectivity index (χ3n) is 4.08. The number of hydrogen-bond donors (Lipinski definition) is 1. The van der Waals surface area contributed by atoms with Crippen molar-refractivity contribution in [2.75, 3.05) is 33.7 Å². The van der Waals surface area contributed by atoms with Gasteiger partial charge in [0.05, 0.1) is 0 Å². The summed E-state index contributed by atoms with van der Waals surface area (Å²) in [6.07, 6.45) is 2.02. The van der Waals surface area contributed by atoms with E-state index >= 15 is 0 Å². The highest BCUT2D eigenvalue weighted by molar-refractivity contribution is 9.10. The molecule has 112 valence electrons. The fourth-order valence-electron chi connectivity index (χ4n) is 2.85. The van der Waals surface area contributed by atoms with Crippen molar-refractivity contribution in [1.29, 1.82) is 0 Å². The van der Waals surface area contributed by atoms with Crippen LogP contribution in [0.15, 0.2) is 22.7 Å². The van der Waals surface area contributed by atoms with E-state index in [1.165, 1.54) is 6.42 Å². The van der Waals surface area contributed by atoms with E-state index in [1.807, 2.05) is 12.1 Å². The number of benzene rings is 1. The predicted octanol–water partition coefficient (Wildman–Crippen LogP) is 2.61. The average Bonchev–Trinajstić information content (AvgIpc) is 2.54. The van der Waals surface area contributed by atoms with Crippen LogP contribution in [0.1, 0.15) is 12.0 Å². The van der Waals surface area contributed by atoms with Gasteiger partial charge in [0.15, 0.2) is 0 Å². The molecule has 0 saturated carbocycles. The molecule has 2 unspecified atom stereocenters. The monoisotopic (exact) mass is 359 g/mol. The quantitative estimate of drug-likeness (QED) is 0.899. The van der Waals surface area contributed by atoms with E-state index in [9.17, 15) is 0 Å². The van der Waals surface area contributed by atoms with Gasteiger partial charge in [0.25, 0.3) is 0 Å². The highest BCUT2D eigenvalue weighted by Gasteiger charge is 2.26. The minimum absolute atomic E-state index is 0.0965. The number of halogens is 2. The van der Waals surface area contributed by atoms with Crippen LogP contribution in [-0.4, -0.2) is 55.6 Å². The largest absolute Gasteiger partial charge is 0.326 e. The van der Waals surface area contributed by atoms with Gasteiger partial charge in [0, 0.05) is 28.1 Å². The molecule has 20 heavy (non-hydrogen) atoms. The Balaban J connectivity index is 2.07. The van der Waals surface area contributed by atoms with Crippen molar-refractivity contribution in [2.24, 2.45) is 5.73 Å². The predicted molar refractivity (Wildman–Crippen MR) is 89.4 cm³/mol. The molecule has 3 nitrogen and oxygen atoms in total. The Labute approximate surface area is 135 Å². The first-order valence-electron chi connectivity index (χ1n) is 7.05. The summed E-state index contributed by atoms with van der Waals surface area (Å²) in [7, 11) is 4.35. The zero-order valence-electron chi connectivity index (χ0n) is 12.1. The molecule has 5 heteroatoms. The second-order valence-electron chi connectivity index (χ2n) is 5.77. The first-order valence-corrected chi connectivity index (χ1v) is 8.22. The van der Waals surface area contributed by atoms with Crippen LogP contribution in [0.2, 0.25) is 5.02 Å². The fraction of sp³-hybridized carbons (Fsp3) is 0.600. The second-order valence-corrected chi connectivity index (χ2v) is 7.09. The number of nitrogens with zero attached hydrogens (tertiary/aromatic N) is 2. The molecule has 1 saturated heterocycles. The molecule has 0 radical (unpaired) electrons. The van der Waals surface area contributed by atoms with Crippen LogP contribution in [0.4, 0.5) is 0 Å². The Bertz CT molecular complexity index is 455. The molecule has 0 aliphatic carbocycles. The minimum Gasteiger partial charge on any atom is -0.326 e. The highest BCUT2D eigenvalue weighted by Crippen LogP contribution is 2.23. The van der Waals surface area contributed by atoms with E-state index in [4.69, 9.17) is 17.3 Å². The van der Waals surface area contributed by atoms with E-state index in [0.29, 0.717) is 6.04 Å². The SMILES string of the molecule is CN1CCCN(C)C(C(N)Cc2ccc(Br)cc2Cl)C1. The van der Waals surface area contributed by atoms with Crippen molar-refractivity contribution >= 4 is 27.5 Å². The van der Waals surface area contributed by atoms with E-state index in [-0.39, 0.29) is 6.04 Å². The summed E-state index contributed by atoms with van der Waals surface area (Å²) in [4.78, 5) is 4.76. The lowest BCUT2D eigenvalue weighted by Gasteiger charge is -2.32. The average molecular weight is 361 g/mol. The lowest BCUT2D eigenvalue weighted by atomic mass is 9.99. The van der Waals surface area contributed by atoms with Crippen molar-refractivity contribution in [1.82, 2.24) is 9.80 Å². The molecule has 0 spiro atoms. The molecule has 1 heterocycles. The van der Waals surface area contributed by atoms with Crippen LogP contribution in [-0.2, 0) is 6.42 Å². The van der Waals surface area contributed by atoms with Crippen LogP contribution in [0.5, 0.6) is 0 Å². The molecule has 2 atom stereocenters. The molecule has 1 aliphatic heterocycles. The first kappa shape index (κ1) is 16.2. The van der Waals surface area contributed by atoms with Gasteiger partial charge in [-0.05, 0) is 57.7 Å². The molecule has 2 N–H and O–H groups in total. The molecule has 1 fully saturated rings. The first-order chi connectivity index (χ1) is 9.47. The maximum Gasteiger partial charge on any atom is 0.0449 e. The fourth-order valence-corrected chi connectivity index (χ4v) is 3.60. The summed E-state index contributed by atoms with van der Waals surface area (Å²) in [6, 6.07) is 6.50. The van der Waals surface area contributed by atoms with Crippen molar-refractivity contribution < 1.29 is 0 Å². The van der Waals surface area contributed by atoms with E-state index in [0.717, 1.165) is 41.1 Å². The number of hydrogen-bond acceptors (Lipinski definition) is 3. The van der Waals surface area contributed by atoms with Crippen molar-refractivity contribution in [3.8, 4) is 0 Å². The summed E-state index contributed by atoms with van der Waals surface area (Å²) >= 11 is 9.74. The van der Waals surface area contributed by atoms with Gasteiger partial charge in [-0.25, -0.2) is 0 Å². The zero-order chi connectivity index (χ0) is 14.7. The van der Waals surface area contributed by atoms with Crippen molar-refractivity contribution in [2.45, 2.75) is 24.9 Å². The lowest BCUT2D eigenvalue weighted by Crippen LogP contribution is -2.51. The lowest BCUT2D eigenvalue weighted by molar-refractivity contribution is 0.195. The van der Waals surface area contributed by atoms with Crippen LogP contribution in [0.25, 0.3) is 0 Å². The van der Waals surface area contributed by atoms with Gasteiger partial charge in [0.1, 0.15) is 0 Å². The van der Waals surface area contributed by atoms with Crippen molar-refractivity contribution in [3.05, 3.63) is 33.3 Å². The summed E-state index contributed by atoms with van der Waals surface area (Å²) in [5, 5.41) is 0.791. The van der Waals surface area contributed by atoms with Gasteiger partial charge in [-0.2, -0.15) is 0 Å². The molecular weight excluding hydrogens is 338 g/mol. The molecule has 1 aromatic carbocycles. The maximum absolute atomic E-state index is 6.47. The van der Waals surface area contributed by atoms with E-state index in [2.05, 4.69) is 45.9 Å². The molecule has 2 rings (SSSR count). The van der Waals surface area contributed by atoms with Gasteiger partial charge < -0.3 is 15.5 Å². The van der Waals surface area contributed by atoms with Crippen LogP contribution in [0.3, 0.4) is 0 Å². The van der Waals surface area contributed by atoms with Crippen LogP contribution in [0, 0.1) is 0 Å². The highest BCUT2D eigenvalue weighted by atomic mass is 79.9. The van der Waals surface area contributed by atoms with Crippen molar-refractivity contribution in [3.63, 3.8) is 0 Å². The van der Waals surface area contributed by atoms with E-state index in [1.54, 1.807) is 0 Å². The molecule has 0 bridgehead atoms. The molecule has 1 aromatic rings. The Morgan fingerprint density at radius 1 is 1.40 bits per heavy atom. The van der Waals surface area contributed by atoms with E-state index < -0.39 is 0 Å². The number of rotatable bonds is 3. The summed E-state index contributed by atoms with van der Waals surface area (Å²) in [6.45, 7) is 3.27. The molecule has 1 aliphatic rings. The Morgan fingerprint density at radius 2 is 2.15 bits per heavy atom. The number of nitrogens with two attached hydrogens (primary N) is 1. The van der Waals surface area contributed by atoms with Crippen LogP contribution < -0.4 is 5.73 Å². The Hall–Kier alpha value is -0.130.